The molecule has 0 unspecified atom stereocenters. The van der Waals surface area contributed by atoms with Gasteiger partial charge in [0.25, 0.3) is 5.91 Å². The number of halogens is 2. The Balaban J connectivity index is 1.38. The van der Waals surface area contributed by atoms with Gasteiger partial charge in [0.2, 0.25) is 11.8 Å². The van der Waals surface area contributed by atoms with E-state index >= 15 is 0 Å². The second-order valence-corrected chi connectivity index (χ2v) is 10.3. The highest BCUT2D eigenvalue weighted by Gasteiger charge is 2.50. The molecule has 9 heteroatoms. The van der Waals surface area contributed by atoms with Crippen molar-refractivity contribution in [2.75, 3.05) is 13.1 Å². The number of carbonyl (C=O) groups excluding carboxylic acids is 3. The number of terminal acetylenes is 1. The SMILES string of the molecule is C#C[C@H](C[C@@H]1CCNC1=O)NC(=O)[C@@H]1[C@H]2CCC[C@H]2CN1C(=O)c1cc2c(Cl)ccc(Cl)c2[nH]1. The van der Waals surface area contributed by atoms with E-state index < -0.39 is 12.1 Å². The monoisotopic (exact) mass is 500 g/mol. The Bertz CT molecular complexity index is 1160. The van der Waals surface area contributed by atoms with E-state index in [4.69, 9.17) is 29.6 Å². The van der Waals surface area contributed by atoms with Crippen LogP contribution in [0.5, 0.6) is 0 Å². The first-order chi connectivity index (χ1) is 16.4. The Morgan fingerprint density at radius 3 is 2.74 bits per heavy atom. The molecular formula is C25H26Cl2N4O3. The third kappa shape index (κ3) is 4.03. The van der Waals surface area contributed by atoms with Gasteiger partial charge >= 0.3 is 0 Å². The molecule has 3 fully saturated rings. The van der Waals surface area contributed by atoms with Gasteiger partial charge in [-0.15, -0.1) is 6.42 Å². The summed E-state index contributed by atoms with van der Waals surface area (Å²) in [4.78, 5) is 43.8. The number of benzene rings is 1. The van der Waals surface area contributed by atoms with Crippen LogP contribution in [0.4, 0.5) is 0 Å². The first kappa shape index (κ1) is 23.1. The molecule has 1 aromatic carbocycles. The molecule has 1 aliphatic carbocycles. The van der Waals surface area contributed by atoms with Gasteiger partial charge in [-0.1, -0.05) is 35.5 Å². The van der Waals surface area contributed by atoms with Crippen LogP contribution in [0.25, 0.3) is 10.9 Å². The fraction of sp³-hybridized carbons (Fsp3) is 0.480. The summed E-state index contributed by atoms with van der Waals surface area (Å²) in [5.41, 5.74) is 0.944. The molecule has 3 aliphatic rings. The molecule has 0 bridgehead atoms. The third-order valence-electron chi connectivity index (χ3n) is 7.54. The molecular weight excluding hydrogens is 475 g/mol. The predicted octanol–water partition coefficient (Wildman–Crippen LogP) is 3.36. The van der Waals surface area contributed by atoms with Crippen LogP contribution in [0.2, 0.25) is 10.0 Å². The summed E-state index contributed by atoms with van der Waals surface area (Å²) in [5, 5.41) is 7.38. The molecule has 3 amide bonds. The van der Waals surface area contributed by atoms with Crippen molar-refractivity contribution in [3.05, 3.63) is 33.9 Å². The van der Waals surface area contributed by atoms with Gasteiger partial charge < -0.3 is 20.5 Å². The molecule has 178 valence electrons. The number of hydrogen-bond acceptors (Lipinski definition) is 3. The average molecular weight is 501 g/mol. The molecule has 34 heavy (non-hydrogen) atoms. The number of nitrogens with one attached hydrogen (secondary N) is 3. The van der Waals surface area contributed by atoms with Crippen LogP contribution in [0, 0.1) is 30.1 Å². The summed E-state index contributed by atoms with van der Waals surface area (Å²) in [5.74, 6) is 2.24. The quantitative estimate of drug-likeness (QED) is 0.549. The number of likely N-dealkylation sites (tertiary alicyclic amines) is 1. The highest BCUT2D eigenvalue weighted by Crippen LogP contribution is 2.43. The van der Waals surface area contributed by atoms with Gasteiger partial charge in [0, 0.05) is 24.4 Å². The van der Waals surface area contributed by atoms with E-state index in [2.05, 4.69) is 21.5 Å². The maximum absolute atomic E-state index is 13.6. The molecule has 3 N–H and O–H groups in total. The van der Waals surface area contributed by atoms with Crippen molar-refractivity contribution in [1.82, 2.24) is 20.5 Å². The summed E-state index contributed by atoms with van der Waals surface area (Å²) in [6, 6.07) is 3.89. The largest absolute Gasteiger partial charge is 0.356 e. The first-order valence-corrected chi connectivity index (χ1v) is 12.4. The first-order valence-electron chi connectivity index (χ1n) is 11.7. The highest BCUT2D eigenvalue weighted by molar-refractivity contribution is 6.40. The molecule has 7 nitrogen and oxygen atoms in total. The number of nitrogens with zero attached hydrogens (tertiary/aromatic N) is 1. The Hall–Kier alpha value is -2.69. The van der Waals surface area contributed by atoms with Crippen molar-refractivity contribution < 1.29 is 14.4 Å². The lowest BCUT2D eigenvalue weighted by molar-refractivity contribution is -0.127. The third-order valence-corrected chi connectivity index (χ3v) is 8.19. The normalized spacial score (nSPS) is 26.9. The molecule has 5 rings (SSSR count). The fourth-order valence-electron chi connectivity index (χ4n) is 5.85. The van der Waals surface area contributed by atoms with Crippen LogP contribution in [-0.4, -0.2) is 52.8 Å². The molecule has 2 aliphatic heterocycles. The van der Waals surface area contributed by atoms with Crippen molar-refractivity contribution in [2.45, 2.75) is 44.2 Å². The number of aromatic nitrogens is 1. The predicted molar refractivity (Wildman–Crippen MR) is 130 cm³/mol. The van der Waals surface area contributed by atoms with Gasteiger partial charge in [-0.3, -0.25) is 14.4 Å². The van der Waals surface area contributed by atoms with Crippen LogP contribution in [0.15, 0.2) is 18.2 Å². The smallest absolute Gasteiger partial charge is 0.271 e. The molecule has 3 heterocycles. The minimum Gasteiger partial charge on any atom is -0.356 e. The van der Waals surface area contributed by atoms with E-state index in [9.17, 15) is 14.4 Å². The molecule has 2 aromatic rings. The van der Waals surface area contributed by atoms with Crippen molar-refractivity contribution in [3.8, 4) is 12.3 Å². The van der Waals surface area contributed by atoms with E-state index in [1.807, 2.05) is 0 Å². The van der Waals surface area contributed by atoms with Gasteiger partial charge in [-0.05, 0) is 55.7 Å². The zero-order valence-corrected chi connectivity index (χ0v) is 20.1. The maximum Gasteiger partial charge on any atom is 0.271 e. The minimum atomic E-state index is -0.606. The van der Waals surface area contributed by atoms with Crippen LogP contribution in [-0.2, 0) is 9.59 Å². The zero-order valence-electron chi connectivity index (χ0n) is 18.6. The van der Waals surface area contributed by atoms with Crippen LogP contribution >= 0.6 is 23.2 Å². The standard InChI is InChI=1S/C25H26Cl2N4O3/c1-2-15(10-13-8-9-28-23(13)32)29-24(33)22-16-5-3-4-14(16)12-31(22)25(34)20-11-17-18(26)6-7-19(27)21(17)30-20/h1,6-7,11,13-16,22,30H,3-5,8-10,12H2,(H,28,32)(H,29,33)/t13-,14-,15+,16-,22-/m0/s1. The maximum atomic E-state index is 13.6. The summed E-state index contributed by atoms with van der Waals surface area (Å²) in [7, 11) is 0. The lowest BCUT2D eigenvalue weighted by atomic mass is 9.92. The molecule has 1 saturated carbocycles. The number of aromatic amines is 1. The number of fused-ring (bicyclic) bond motifs is 2. The van der Waals surface area contributed by atoms with Crippen molar-refractivity contribution in [2.24, 2.45) is 17.8 Å². The molecule has 0 spiro atoms. The van der Waals surface area contributed by atoms with Crippen LogP contribution in [0.1, 0.15) is 42.6 Å². The minimum absolute atomic E-state index is 0.0286. The van der Waals surface area contributed by atoms with E-state index in [-0.39, 0.29) is 35.5 Å². The number of H-pyrrole nitrogens is 1. The fourth-order valence-corrected chi connectivity index (χ4v) is 6.28. The van der Waals surface area contributed by atoms with Gasteiger partial charge in [-0.2, -0.15) is 0 Å². The Morgan fingerprint density at radius 1 is 1.24 bits per heavy atom. The molecule has 5 atom stereocenters. The second kappa shape index (κ2) is 9.16. The van der Waals surface area contributed by atoms with Gasteiger partial charge in [0.05, 0.1) is 21.6 Å². The summed E-state index contributed by atoms with van der Waals surface area (Å²) >= 11 is 12.6. The van der Waals surface area contributed by atoms with E-state index in [0.29, 0.717) is 52.6 Å². The Labute approximate surface area is 207 Å². The number of rotatable bonds is 5. The topological polar surface area (TPSA) is 94.3 Å². The molecule has 0 radical (unpaired) electrons. The van der Waals surface area contributed by atoms with Crippen LogP contribution in [0.3, 0.4) is 0 Å². The highest BCUT2D eigenvalue weighted by atomic mass is 35.5. The summed E-state index contributed by atoms with van der Waals surface area (Å²) in [6.07, 6.45) is 9.72. The van der Waals surface area contributed by atoms with E-state index in [1.165, 1.54) is 0 Å². The second-order valence-electron chi connectivity index (χ2n) is 9.50. The number of amides is 3. The van der Waals surface area contributed by atoms with Crippen molar-refractivity contribution in [1.29, 1.82) is 0 Å². The molecule has 2 saturated heterocycles. The van der Waals surface area contributed by atoms with Gasteiger partial charge in [0.15, 0.2) is 0 Å². The average Bonchev–Trinajstić information content (AvgIpc) is 3.59. The Kier molecular flexibility index (Phi) is 6.22. The zero-order chi connectivity index (χ0) is 24.0. The van der Waals surface area contributed by atoms with E-state index in [0.717, 1.165) is 19.3 Å². The van der Waals surface area contributed by atoms with Crippen molar-refractivity contribution in [3.63, 3.8) is 0 Å². The lowest BCUT2D eigenvalue weighted by Crippen LogP contribution is -2.51. The van der Waals surface area contributed by atoms with Gasteiger partial charge in [0.1, 0.15) is 11.7 Å². The van der Waals surface area contributed by atoms with E-state index in [1.54, 1.807) is 23.1 Å². The number of hydrogen-bond donors (Lipinski definition) is 3. The Morgan fingerprint density at radius 2 is 2.03 bits per heavy atom. The summed E-state index contributed by atoms with van der Waals surface area (Å²) in [6.45, 7) is 1.14. The number of carbonyl (C=O) groups is 3. The lowest BCUT2D eigenvalue weighted by Gasteiger charge is -2.28. The molecule has 1 aromatic heterocycles. The summed E-state index contributed by atoms with van der Waals surface area (Å²) < 4.78 is 0. The van der Waals surface area contributed by atoms with Gasteiger partial charge in [-0.25, -0.2) is 0 Å². The van der Waals surface area contributed by atoms with Crippen LogP contribution < -0.4 is 10.6 Å². The van der Waals surface area contributed by atoms with Crippen molar-refractivity contribution >= 4 is 51.8 Å².